The molecule has 1 N–H and O–H groups in total. The van der Waals surface area contributed by atoms with Gasteiger partial charge in [-0.05, 0) is 30.7 Å². The lowest BCUT2D eigenvalue weighted by Gasteiger charge is -2.09. The standard InChI is InChI=1S/C19H14FN3S/c1-12-16(13-6-3-2-4-7-13)17-18(21-11-22-19(17)24-12)23-15-9-5-8-14(20)10-15/h2-11H,1H3,(H,21,22,23). The van der Waals surface area contributed by atoms with Crippen molar-refractivity contribution in [3.05, 3.63) is 71.6 Å². The van der Waals surface area contributed by atoms with Crippen molar-refractivity contribution in [1.29, 1.82) is 0 Å². The Morgan fingerprint density at radius 1 is 1.00 bits per heavy atom. The van der Waals surface area contributed by atoms with Gasteiger partial charge in [-0.25, -0.2) is 14.4 Å². The highest BCUT2D eigenvalue weighted by Crippen LogP contribution is 2.40. The van der Waals surface area contributed by atoms with E-state index in [1.807, 2.05) is 24.3 Å². The predicted octanol–water partition coefficient (Wildman–Crippen LogP) is 5.55. The van der Waals surface area contributed by atoms with E-state index in [2.05, 4.69) is 34.3 Å². The molecule has 0 amide bonds. The lowest BCUT2D eigenvalue weighted by Crippen LogP contribution is -1.96. The minimum Gasteiger partial charge on any atom is -0.339 e. The van der Waals surface area contributed by atoms with Gasteiger partial charge in [0.15, 0.2) is 0 Å². The van der Waals surface area contributed by atoms with Crippen LogP contribution in [0, 0.1) is 12.7 Å². The fourth-order valence-corrected chi connectivity index (χ4v) is 3.81. The zero-order valence-electron chi connectivity index (χ0n) is 13.0. The van der Waals surface area contributed by atoms with Crippen molar-refractivity contribution in [2.45, 2.75) is 6.92 Å². The van der Waals surface area contributed by atoms with E-state index in [4.69, 9.17) is 0 Å². The van der Waals surface area contributed by atoms with Crippen molar-refractivity contribution in [3.63, 3.8) is 0 Å². The molecule has 4 aromatic rings. The Kier molecular flexibility index (Phi) is 3.70. The first-order valence-corrected chi connectivity index (χ1v) is 8.36. The van der Waals surface area contributed by atoms with Crippen LogP contribution in [0.5, 0.6) is 0 Å². The number of anilines is 2. The third-order valence-corrected chi connectivity index (χ3v) is 4.83. The molecule has 2 aromatic heterocycles. The molecule has 24 heavy (non-hydrogen) atoms. The lowest BCUT2D eigenvalue weighted by atomic mass is 10.0. The molecule has 0 saturated carbocycles. The Hall–Kier alpha value is -2.79. The monoisotopic (exact) mass is 335 g/mol. The fourth-order valence-electron chi connectivity index (χ4n) is 2.79. The number of hydrogen-bond donors (Lipinski definition) is 1. The minimum atomic E-state index is -0.282. The van der Waals surface area contributed by atoms with Gasteiger partial charge >= 0.3 is 0 Å². The first-order valence-electron chi connectivity index (χ1n) is 7.54. The van der Waals surface area contributed by atoms with Gasteiger partial charge in [-0.1, -0.05) is 36.4 Å². The van der Waals surface area contributed by atoms with Gasteiger partial charge in [0.05, 0.1) is 5.39 Å². The molecule has 0 bridgehead atoms. The normalized spacial score (nSPS) is 10.9. The van der Waals surface area contributed by atoms with Gasteiger partial charge in [0.1, 0.15) is 22.8 Å². The van der Waals surface area contributed by atoms with Gasteiger partial charge < -0.3 is 5.32 Å². The van der Waals surface area contributed by atoms with Crippen molar-refractivity contribution in [1.82, 2.24) is 9.97 Å². The molecule has 0 saturated heterocycles. The fraction of sp³-hybridized carbons (Fsp3) is 0.0526. The van der Waals surface area contributed by atoms with E-state index in [-0.39, 0.29) is 5.82 Å². The molecule has 3 nitrogen and oxygen atoms in total. The molecule has 4 rings (SSSR count). The number of benzene rings is 2. The van der Waals surface area contributed by atoms with E-state index in [0.717, 1.165) is 21.3 Å². The van der Waals surface area contributed by atoms with Gasteiger partial charge in [-0.2, -0.15) is 0 Å². The number of thiophene rings is 1. The molecule has 0 atom stereocenters. The summed E-state index contributed by atoms with van der Waals surface area (Å²) in [6.07, 6.45) is 1.54. The van der Waals surface area contributed by atoms with Crippen LogP contribution in [0.25, 0.3) is 21.3 Å². The number of aryl methyl sites for hydroxylation is 1. The van der Waals surface area contributed by atoms with Gasteiger partial charge in [0.25, 0.3) is 0 Å². The zero-order chi connectivity index (χ0) is 16.5. The van der Waals surface area contributed by atoms with Crippen molar-refractivity contribution in [3.8, 4) is 11.1 Å². The summed E-state index contributed by atoms with van der Waals surface area (Å²) in [7, 11) is 0. The number of nitrogens with zero attached hydrogens (tertiary/aromatic N) is 2. The second-order valence-corrected chi connectivity index (χ2v) is 6.64. The summed E-state index contributed by atoms with van der Waals surface area (Å²) >= 11 is 1.64. The smallest absolute Gasteiger partial charge is 0.143 e. The van der Waals surface area contributed by atoms with Gasteiger partial charge in [0, 0.05) is 16.1 Å². The summed E-state index contributed by atoms with van der Waals surface area (Å²) in [5, 5.41) is 4.19. The maximum atomic E-state index is 13.5. The molecular weight excluding hydrogens is 321 g/mol. The number of nitrogens with one attached hydrogen (secondary N) is 1. The van der Waals surface area contributed by atoms with Crippen LogP contribution in [0.3, 0.4) is 0 Å². The van der Waals surface area contributed by atoms with Crippen LogP contribution in [0.1, 0.15) is 4.88 Å². The second-order valence-electron chi connectivity index (χ2n) is 5.44. The highest BCUT2D eigenvalue weighted by atomic mass is 32.1. The summed E-state index contributed by atoms with van der Waals surface area (Å²) in [5.41, 5.74) is 2.91. The summed E-state index contributed by atoms with van der Waals surface area (Å²) < 4.78 is 13.5. The number of fused-ring (bicyclic) bond motifs is 1. The Balaban J connectivity index is 1.90. The van der Waals surface area contributed by atoms with Crippen LogP contribution in [0.2, 0.25) is 0 Å². The first kappa shape index (κ1) is 14.8. The maximum absolute atomic E-state index is 13.5. The van der Waals surface area contributed by atoms with Crippen LogP contribution in [0.15, 0.2) is 60.9 Å². The molecule has 5 heteroatoms. The molecule has 118 valence electrons. The highest BCUT2D eigenvalue weighted by molar-refractivity contribution is 7.19. The molecule has 0 spiro atoms. The molecule has 2 heterocycles. The van der Waals surface area contributed by atoms with Gasteiger partial charge in [-0.15, -0.1) is 11.3 Å². The summed E-state index contributed by atoms with van der Waals surface area (Å²) in [6.45, 7) is 2.08. The van der Waals surface area contributed by atoms with Crippen LogP contribution in [-0.2, 0) is 0 Å². The average molecular weight is 335 g/mol. The quantitative estimate of drug-likeness (QED) is 0.533. The molecular formula is C19H14FN3S. The van der Waals surface area contributed by atoms with Crippen molar-refractivity contribution in [2.24, 2.45) is 0 Å². The predicted molar refractivity (Wildman–Crippen MR) is 97.3 cm³/mol. The molecule has 0 fully saturated rings. The van der Waals surface area contributed by atoms with Crippen molar-refractivity contribution >= 4 is 33.1 Å². The summed E-state index contributed by atoms with van der Waals surface area (Å²) in [6, 6.07) is 16.5. The highest BCUT2D eigenvalue weighted by Gasteiger charge is 2.16. The topological polar surface area (TPSA) is 37.8 Å². The Labute approximate surface area is 142 Å². The summed E-state index contributed by atoms with van der Waals surface area (Å²) in [5.74, 6) is 0.406. The first-order chi connectivity index (χ1) is 11.7. The number of hydrogen-bond acceptors (Lipinski definition) is 4. The number of halogens is 1. The van der Waals surface area contributed by atoms with Crippen LogP contribution in [0.4, 0.5) is 15.9 Å². The molecule has 0 aliphatic rings. The second kappa shape index (κ2) is 6.02. The minimum absolute atomic E-state index is 0.282. The molecule has 0 unspecified atom stereocenters. The van der Waals surface area contributed by atoms with E-state index in [1.54, 1.807) is 17.4 Å². The van der Waals surface area contributed by atoms with Gasteiger partial charge in [0.2, 0.25) is 0 Å². The van der Waals surface area contributed by atoms with E-state index < -0.39 is 0 Å². The maximum Gasteiger partial charge on any atom is 0.143 e. The zero-order valence-corrected chi connectivity index (χ0v) is 13.8. The Bertz CT molecular complexity index is 1010. The summed E-state index contributed by atoms with van der Waals surface area (Å²) in [4.78, 5) is 10.9. The van der Waals surface area contributed by atoms with Gasteiger partial charge in [-0.3, -0.25) is 0 Å². The van der Waals surface area contributed by atoms with E-state index >= 15 is 0 Å². The molecule has 2 aromatic carbocycles. The lowest BCUT2D eigenvalue weighted by molar-refractivity contribution is 0.628. The van der Waals surface area contributed by atoms with Crippen LogP contribution in [-0.4, -0.2) is 9.97 Å². The van der Waals surface area contributed by atoms with Crippen molar-refractivity contribution in [2.75, 3.05) is 5.32 Å². The SMILES string of the molecule is Cc1sc2ncnc(Nc3cccc(F)c3)c2c1-c1ccccc1. The van der Waals surface area contributed by atoms with E-state index in [0.29, 0.717) is 11.5 Å². The Morgan fingerprint density at radius 2 is 1.83 bits per heavy atom. The number of aromatic nitrogens is 2. The molecule has 0 aliphatic heterocycles. The average Bonchev–Trinajstić information content (AvgIpc) is 2.93. The van der Waals surface area contributed by atoms with E-state index in [1.165, 1.54) is 23.3 Å². The van der Waals surface area contributed by atoms with Crippen LogP contribution < -0.4 is 5.32 Å². The largest absolute Gasteiger partial charge is 0.339 e. The third-order valence-electron chi connectivity index (χ3n) is 3.81. The number of rotatable bonds is 3. The van der Waals surface area contributed by atoms with Crippen molar-refractivity contribution < 1.29 is 4.39 Å². The van der Waals surface area contributed by atoms with E-state index in [9.17, 15) is 4.39 Å². The third kappa shape index (κ3) is 2.63. The molecule has 0 aliphatic carbocycles. The Morgan fingerprint density at radius 3 is 2.62 bits per heavy atom. The van der Waals surface area contributed by atoms with Crippen LogP contribution >= 0.6 is 11.3 Å². The molecule has 0 radical (unpaired) electrons.